The Kier molecular flexibility index (Phi) is 10.2. The number of nitrogens with zero attached hydrogens (tertiary/aromatic N) is 3. The summed E-state index contributed by atoms with van der Waals surface area (Å²) in [5, 5.41) is 2.44. The number of aromatic nitrogens is 1. The molecule has 0 saturated carbocycles. The summed E-state index contributed by atoms with van der Waals surface area (Å²) >= 11 is 0. The van der Waals surface area contributed by atoms with Gasteiger partial charge in [-0.25, -0.2) is 9.78 Å². The van der Waals surface area contributed by atoms with Crippen molar-refractivity contribution >= 4 is 25.5 Å². The van der Waals surface area contributed by atoms with E-state index in [1.165, 1.54) is 23.0 Å². The van der Waals surface area contributed by atoms with E-state index in [1.807, 2.05) is 37.3 Å². The molecule has 2 heterocycles. The van der Waals surface area contributed by atoms with Crippen LogP contribution in [-0.2, 0) is 14.1 Å². The van der Waals surface area contributed by atoms with Crippen molar-refractivity contribution in [3.05, 3.63) is 48.2 Å². The van der Waals surface area contributed by atoms with Crippen LogP contribution in [0.4, 0.5) is 4.79 Å². The fourth-order valence-corrected chi connectivity index (χ4v) is 4.60. The number of hydrogen-bond donors (Lipinski definition) is 3. The minimum absolute atomic E-state index is 0.0774. The first-order valence-electron chi connectivity index (χ1n) is 12.3. The predicted molar refractivity (Wildman–Crippen MR) is 139 cm³/mol. The molecule has 0 spiro atoms. The Morgan fingerprint density at radius 3 is 2.34 bits per heavy atom. The van der Waals surface area contributed by atoms with Crippen LogP contribution in [0.3, 0.4) is 0 Å². The van der Waals surface area contributed by atoms with Gasteiger partial charge in [0.2, 0.25) is 5.91 Å². The average molecular weight is 549 g/mol. The van der Waals surface area contributed by atoms with Gasteiger partial charge in [-0.3, -0.25) is 14.2 Å². The zero-order valence-electron chi connectivity index (χ0n) is 21.4. The van der Waals surface area contributed by atoms with E-state index in [0.29, 0.717) is 18.1 Å². The van der Waals surface area contributed by atoms with Crippen molar-refractivity contribution in [2.75, 3.05) is 46.1 Å². The molecule has 1 saturated heterocycles. The second kappa shape index (κ2) is 13.4. The van der Waals surface area contributed by atoms with Gasteiger partial charge in [-0.15, -0.1) is 0 Å². The van der Waals surface area contributed by atoms with E-state index in [2.05, 4.69) is 10.3 Å². The van der Waals surface area contributed by atoms with Gasteiger partial charge in [-0.1, -0.05) is 43.7 Å². The van der Waals surface area contributed by atoms with Gasteiger partial charge in [0.25, 0.3) is 5.91 Å². The molecule has 1 aliphatic heterocycles. The van der Waals surface area contributed by atoms with Crippen LogP contribution in [0, 0.1) is 0 Å². The summed E-state index contributed by atoms with van der Waals surface area (Å²) in [4.78, 5) is 64.9. The molecule has 3 rings (SSSR count). The van der Waals surface area contributed by atoms with Crippen LogP contribution in [0.25, 0.3) is 11.3 Å². The molecule has 1 aliphatic rings. The Hall–Kier alpha value is -3.47. The fraction of sp³-hybridized carbons (Fsp3) is 0.440. The molecule has 2 aromatic rings. The number of methoxy groups -OCH3 is 1. The first-order valence-corrected chi connectivity index (χ1v) is 14.1. The van der Waals surface area contributed by atoms with E-state index < -0.39 is 37.7 Å². The average Bonchev–Trinajstić information content (AvgIpc) is 2.91. The highest BCUT2D eigenvalue weighted by Gasteiger charge is 2.35. The van der Waals surface area contributed by atoms with Crippen molar-refractivity contribution in [3.8, 4) is 17.0 Å². The highest BCUT2D eigenvalue weighted by molar-refractivity contribution is 7.51. The number of carbonyl (C=O) groups is 3. The van der Waals surface area contributed by atoms with Crippen molar-refractivity contribution in [1.82, 2.24) is 20.1 Å². The highest BCUT2D eigenvalue weighted by atomic mass is 31.2. The van der Waals surface area contributed by atoms with Gasteiger partial charge in [0.05, 0.1) is 25.6 Å². The molecule has 0 radical (unpaired) electrons. The number of ether oxygens (including phenoxy) is 2. The maximum atomic E-state index is 13.2. The summed E-state index contributed by atoms with van der Waals surface area (Å²) in [6.07, 6.45) is 0.292. The van der Waals surface area contributed by atoms with Crippen LogP contribution in [0.2, 0.25) is 0 Å². The lowest BCUT2D eigenvalue weighted by atomic mass is 10.1. The standard InChI is InChI=1S/C25H33N4O8P/c1-3-4-14-37-25(32)29-12-10-28(11-13-29)24(31)22(17-38(33,34)35)27-23(30)21-16-19(36-2)15-20(26-21)18-8-6-5-7-9-18/h5-9,15-16,22H,3-4,10-14,17H2,1-2H3,(H,27,30)(H2,33,34,35)/t22-/m0/s1. The third-order valence-electron chi connectivity index (χ3n) is 5.93. The number of carbonyl (C=O) groups excluding carboxylic acids is 3. The lowest BCUT2D eigenvalue weighted by Gasteiger charge is -2.36. The highest BCUT2D eigenvalue weighted by Crippen LogP contribution is 2.35. The molecule has 13 heteroatoms. The van der Waals surface area contributed by atoms with Gasteiger partial charge in [-0.05, 0) is 6.42 Å². The van der Waals surface area contributed by atoms with Gasteiger partial charge in [-0.2, -0.15) is 0 Å². The van der Waals surface area contributed by atoms with E-state index in [1.54, 1.807) is 6.07 Å². The largest absolute Gasteiger partial charge is 0.497 e. The van der Waals surface area contributed by atoms with Crippen LogP contribution in [0.15, 0.2) is 42.5 Å². The molecule has 1 fully saturated rings. The van der Waals surface area contributed by atoms with Gasteiger partial charge in [0, 0.05) is 43.9 Å². The molecule has 1 aromatic carbocycles. The van der Waals surface area contributed by atoms with Crippen LogP contribution in [0.1, 0.15) is 30.3 Å². The summed E-state index contributed by atoms with van der Waals surface area (Å²) in [7, 11) is -3.25. The molecule has 38 heavy (non-hydrogen) atoms. The smallest absolute Gasteiger partial charge is 0.409 e. The van der Waals surface area contributed by atoms with Crippen LogP contribution in [0.5, 0.6) is 5.75 Å². The molecule has 0 aliphatic carbocycles. The number of pyridine rings is 1. The monoisotopic (exact) mass is 548 g/mol. The van der Waals surface area contributed by atoms with Crippen LogP contribution < -0.4 is 10.1 Å². The van der Waals surface area contributed by atoms with Crippen molar-refractivity contribution in [3.63, 3.8) is 0 Å². The van der Waals surface area contributed by atoms with E-state index in [9.17, 15) is 28.7 Å². The Labute approximate surface area is 221 Å². The van der Waals surface area contributed by atoms with E-state index >= 15 is 0 Å². The number of unbranched alkanes of at least 4 members (excludes halogenated alkanes) is 1. The minimum Gasteiger partial charge on any atom is -0.497 e. The number of rotatable bonds is 10. The molecular formula is C25H33N4O8P. The second-order valence-electron chi connectivity index (χ2n) is 8.80. The molecule has 1 aromatic heterocycles. The minimum atomic E-state index is -4.68. The molecule has 206 valence electrons. The molecule has 3 N–H and O–H groups in total. The summed E-state index contributed by atoms with van der Waals surface area (Å²) in [6.45, 7) is 2.96. The third kappa shape index (κ3) is 8.27. The second-order valence-corrected chi connectivity index (χ2v) is 10.5. The van der Waals surface area contributed by atoms with E-state index in [-0.39, 0.29) is 31.9 Å². The Morgan fingerprint density at radius 2 is 1.74 bits per heavy atom. The quantitative estimate of drug-likeness (QED) is 0.299. The van der Waals surface area contributed by atoms with Crippen LogP contribution >= 0.6 is 7.60 Å². The van der Waals surface area contributed by atoms with Crippen LogP contribution in [-0.4, -0.2) is 94.6 Å². The number of nitrogens with one attached hydrogen (secondary N) is 1. The SMILES string of the molecule is CCCCOC(=O)N1CCN(C(=O)[C@H](CP(=O)(O)O)NC(=O)c2cc(OC)cc(-c3ccccc3)n2)CC1. The number of hydrogen-bond acceptors (Lipinski definition) is 7. The van der Waals surface area contributed by atoms with E-state index in [4.69, 9.17) is 9.47 Å². The number of benzene rings is 1. The van der Waals surface area contributed by atoms with Gasteiger partial charge in [0.1, 0.15) is 17.5 Å². The topological polar surface area (TPSA) is 159 Å². The lowest BCUT2D eigenvalue weighted by Crippen LogP contribution is -2.56. The molecule has 3 amide bonds. The number of piperazine rings is 1. The van der Waals surface area contributed by atoms with Crippen molar-refractivity contribution in [2.24, 2.45) is 0 Å². The summed E-state index contributed by atoms with van der Waals surface area (Å²) in [6, 6.07) is 10.6. The molecule has 12 nitrogen and oxygen atoms in total. The van der Waals surface area contributed by atoms with Crippen molar-refractivity contribution < 1.29 is 38.2 Å². The summed E-state index contributed by atoms with van der Waals surface area (Å²) in [5.74, 6) is -1.10. The zero-order valence-corrected chi connectivity index (χ0v) is 22.3. The molecular weight excluding hydrogens is 515 g/mol. The van der Waals surface area contributed by atoms with E-state index in [0.717, 1.165) is 18.4 Å². The maximum Gasteiger partial charge on any atom is 0.409 e. The molecule has 1 atom stereocenters. The molecule has 0 bridgehead atoms. The summed E-state index contributed by atoms with van der Waals surface area (Å²) in [5.41, 5.74) is 1.11. The first kappa shape index (κ1) is 29.1. The normalized spacial score (nSPS) is 14.5. The lowest BCUT2D eigenvalue weighted by molar-refractivity contribution is -0.134. The molecule has 0 unspecified atom stereocenters. The van der Waals surface area contributed by atoms with Gasteiger partial charge in [0.15, 0.2) is 0 Å². The first-order chi connectivity index (χ1) is 18.1. The zero-order chi connectivity index (χ0) is 27.7. The van der Waals surface area contributed by atoms with Crippen molar-refractivity contribution in [2.45, 2.75) is 25.8 Å². The Morgan fingerprint density at radius 1 is 1.08 bits per heavy atom. The summed E-state index contributed by atoms with van der Waals surface area (Å²) < 4.78 is 22.3. The number of amides is 3. The Balaban J connectivity index is 1.73. The van der Waals surface area contributed by atoms with Crippen molar-refractivity contribution in [1.29, 1.82) is 0 Å². The fourth-order valence-electron chi connectivity index (χ4n) is 3.88. The maximum absolute atomic E-state index is 13.2. The Bertz CT molecular complexity index is 1170. The van der Waals surface area contributed by atoms with Gasteiger partial charge >= 0.3 is 13.7 Å². The third-order valence-corrected chi connectivity index (χ3v) is 6.77. The predicted octanol–water partition coefficient (Wildman–Crippen LogP) is 2.11. The van der Waals surface area contributed by atoms with Gasteiger partial charge < -0.3 is 34.4 Å².